The number of carboxylic acid groups (broad SMARTS) is 1. The van der Waals surface area contributed by atoms with Crippen molar-refractivity contribution in [1.82, 2.24) is 0 Å². The molecule has 0 bridgehead atoms. The first-order valence-corrected chi connectivity index (χ1v) is 5.64. The maximum atomic E-state index is 11.3. The van der Waals surface area contributed by atoms with E-state index >= 15 is 0 Å². The minimum Gasteiger partial charge on any atom is -0.477 e. The Balaban J connectivity index is 2.99. The summed E-state index contributed by atoms with van der Waals surface area (Å²) in [6.07, 6.45) is 0.636. The smallest absolute Gasteiger partial charge is 0.412 e. The summed E-state index contributed by atoms with van der Waals surface area (Å²) in [5.41, 5.74) is 0.460. The molecule has 18 heavy (non-hydrogen) atoms. The summed E-state index contributed by atoms with van der Waals surface area (Å²) in [6, 6.07) is 1.86. The predicted molar refractivity (Wildman–Crippen MR) is 65.9 cm³/mol. The molecule has 0 atom stereocenters. The molecule has 0 spiro atoms. The van der Waals surface area contributed by atoms with Crippen LogP contribution in [0.2, 0.25) is 0 Å². The lowest BCUT2D eigenvalue weighted by atomic mass is 10.2. The van der Waals surface area contributed by atoms with Crippen molar-refractivity contribution in [2.75, 3.05) is 11.9 Å². The fourth-order valence-electron chi connectivity index (χ4n) is 1.20. The molecule has 0 saturated heterocycles. The molecule has 0 aromatic carbocycles. The lowest BCUT2D eigenvalue weighted by molar-refractivity contribution is 0.0701. The lowest BCUT2D eigenvalue weighted by Gasteiger charge is -2.02. The van der Waals surface area contributed by atoms with Gasteiger partial charge in [-0.05, 0) is 12.5 Å². The zero-order valence-electron chi connectivity index (χ0n) is 9.52. The Morgan fingerprint density at radius 2 is 2.33 bits per heavy atom. The average Bonchev–Trinajstić information content (AvgIpc) is 2.63. The van der Waals surface area contributed by atoms with Gasteiger partial charge in [0, 0.05) is 0 Å². The van der Waals surface area contributed by atoms with E-state index in [1.165, 1.54) is 13.0 Å². The van der Waals surface area contributed by atoms with Gasteiger partial charge in [-0.1, -0.05) is 12.7 Å². The first-order chi connectivity index (χ1) is 8.51. The van der Waals surface area contributed by atoms with E-state index in [1.54, 1.807) is 0 Å². The van der Waals surface area contributed by atoms with Gasteiger partial charge in [-0.15, -0.1) is 11.3 Å². The third-order valence-corrected chi connectivity index (χ3v) is 3.20. The van der Waals surface area contributed by atoms with Crippen LogP contribution in [0.25, 0.3) is 0 Å². The highest BCUT2D eigenvalue weighted by Gasteiger charge is 2.20. The monoisotopic (exact) mass is 266 g/mol. The van der Waals surface area contributed by atoms with Crippen molar-refractivity contribution in [2.45, 2.75) is 6.92 Å². The summed E-state index contributed by atoms with van der Waals surface area (Å²) in [7, 11) is 0. The number of carbonyl (C=O) groups is 2. The molecule has 0 aliphatic rings. The highest BCUT2D eigenvalue weighted by atomic mass is 32.1. The van der Waals surface area contributed by atoms with E-state index in [9.17, 15) is 9.59 Å². The van der Waals surface area contributed by atoms with E-state index in [2.05, 4.69) is 16.6 Å². The van der Waals surface area contributed by atoms with Crippen LogP contribution in [0.3, 0.4) is 0 Å². The molecule has 2 N–H and O–H groups in total. The number of ether oxygens (including phenoxy) is 1. The Bertz CT molecular complexity index is 542. The molecule has 0 radical (unpaired) electrons. The normalized spacial score (nSPS) is 9.33. The Morgan fingerprint density at radius 3 is 2.83 bits per heavy atom. The molecular weight excluding hydrogens is 256 g/mol. The molecule has 7 heteroatoms. The maximum absolute atomic E-state index is 11.3. The average molecular weight is 266 g/mol. The van der Waals surface area contributed by atoms with E-state index in [0.29, 0.717) is 5.56 Å². The van der Waals surface area contributed by atoms with E-state index in [-0.39, 0.29) is 22.0 Å². The van der Waals surface area contributed by atoms with Gasteiger partial charge in [-0.3, -0.25) is 5.32 Å². The van der Waals surface area contributed by atoms with Crippen LogP contribution < -0.4 is 5.32 Å². The summed E-state index contributed by atoms with van der Waals surface area (Å²) in [5, 5.41) is 20.4. The summed E-state index contributed by atoms with van der Waals surface area (Å²) in [6.45, 7) is 4.93. The second-order valence-corrected chi connectivity index (χ2v) is 4.21. The van der Waals surface area contributed by atoms with E-state index < -0.39 is 12.1 Å². The van der Waals surface area contributed by atoms with Gasteiger partial charge in [0.1, 0.15) is 22.6 Å². The van der Waals surface area contributed by atoms with Crippen LogP contribution in [0, 0.1) is 18.3 Å². The van der Waals surface area contributed by atoms with Crippen molar-refractivity contribution in [1.29, 1.82) is 5.26 Å². The number of thiophene rings is 1. The van der Waals surface area contributed by atoms with Crippen molar-refractivity contribution in [3.05, 3.63) is 28.7 Å². The van der Waals surface area contributed by atoms with Crippen LogP contribution in [-0.4, -0.2) is 23.8 Å². The molecular formula is C11H10N2O4S. The fourth-order valence-corrected chi connectivity index (χ4v) is 2.19. The fraction of sp³-hybridized carbons (Fsp3) is 0.182. The Hall–Kier alpha value is -2.33. The molecule has 0 unspecified atom stereocenters. The Labute approximate surface area is 107 Å². The lowest BCUT2D eigenvalue weighted by Crippen LogP contribution is -2.13. The predicted octanol–water partition coefficient (Wildman–Crippen LogP) is 2.36. The molecule has 6 nitrogen and oxygen atoms in total. The quantitative estimate of drug-likeness (QED) is 0.815. The van der Waals surface area contributed by atoms with Gasteiger partial charge in [0.25, 0.3) is 0 Å². The van der Waals surface area contributed by atoms with Gasteiger partial charge >= 0.3 is 12.1 Å². The topological polar surface area (TPSA) is 99.4 Å². The zero-order valence-corrected chi connectivity index (χ0v) is 10.3. The van der Waals surface area contributed by atoms with Crippen LogP contribution in [0.5, 0.6) is 0 Å². The SMILES string of the molecule is C=CCOC(=O)Nc1sc(C(=O)O)c(C)c1C#N. The number of aromatic carboxylic acids is 1. The molecule has 1 heterocycles. The molecule has 0 aliphatic heterocycles. The summed E-state index contributed by atoms with van der Waals surface area (Å²) < 4.78 is 4.69. The number of hydrogen-bond acceptors (Lipinski definition) is 5. The number of nitriles is 1. The number of nitrogens with zero attached hydrogens (tertiary/aromatic N) is 1. The minimum absolute atomic E-state index is 0.0190. The van der Waals surface area contributed by atoms with Crippen molar-refractivity contribution in [3.63, 3.8) is 0 Å². The van der Waals surface area contributed by atoms with Gasteiger partial charge in [0.15, 0.2) is 0 Å². The Kier molecular flexibility index (Phi) is 4.45. The molecule has 1 aromatic heterocycles. The number of rotatable bonds is 4. The van der Waals surface area contributed by atoms with Crippen molar-refractivity contribution in [2.24, 2.45) is 0 Å². The number of carbonyl (C=O) groups excluding carboxylic acids is 1. The van der Waals surface area contributed by atoms with E-state index in [4.69, 9.17) is 10.4 Å². The molecule has 0 saturated carbocycles. The number of nitrogens with one attached hydrogen (secondary N) is 1. The van der Waals surface area contributed by atoms with Crippen LogP contribution in [0.1, 0.15) is 20.8 Å². The number of anilines is 1. The summed E-state index contributed by atoms with van der Waals surface area (Å²) in [5.74, 6) is -1.14. The number of carboxylic acids is 1. The number of amides is 1. The third-order valence-electron chi connectivity index (χ3n) is 2.00. The maximum Gasteiger partial charge on any atom is 0.412 e. The minimum atomic E-state index is -1.14. The van der Waals surface area contributed by atoms with E-state index in [1.807, 2.05) is 6.07 Å². The van der Waals surface area contributed by atoms with Gasteiger partial charge < -0.3 is 9.84 Å². The Morgan fingerprint density at radius 1 is 1.67 bits per heavy atom. The number of hydrogen-bond donors (Lipinski definition) is 2. The second-order valence-electron chi connectivity index (χ2n) is 3.19. The van der Waals surface area contributed by atoms with E-state index in [0.717, 1.165) is 11.3 Å². The van der Waals surface area contributed by atoms with Crippen LogP contribution >= 0.6 is 11.3 Å². The summed E-state index contributed by atoms with van der Waals surface area (Å²) in [4.78, 5) is 22.2. The van der Waals surface area contributed by atoms with Crippen LogP contribution in [0.4, 0.5) is 9.80 Å². The molecule has 1 rings (SSSR count). The third kappa shape index (κ3) is 2.87. The second kappa shape index (κ2) is 5.84. The van der Waals surface area contributed by atoms with Crippen LogP contribution in [-0.2, 0) is 4.74 Å². The molecule has 0 fully saturated rings. The van der Waals surface area contributed by atoms with Gasteiger partial charge in [-0.25, -0.2) is 9.59 Å². The van der Waals surface area contributed by atoms with Gasteiger partial charge in [-0.2, -0.15) is 5.26 Å². The molecule has 1 amide bonds. The van der Waals surface area contributed by atoms with Gasteiger partial charge in [0.05, 0.1) is 5.56 Å². The first kappa shape index (κ1) is 13.7. The molecule has 1 aromatic rings. The van der Waals surface area contributed by atoms with Gasteiger partial charge in [0.2, 0.25) is 0 Å². The standard InChI is InChI=1S/C11H10N2O4S/c1-3-4-17-11(16)13-9-7(5-12)6(2)8(18-9)10(14)15/h3H,1,4H2,2H3,(H,13,16)(H,14,15). The largest absolute Gasteiger partial charge is 0.477 e. The molecule has 94 valence electrons. The highest BCUT2D eigenvalue weighted by Crippen LogP contribution is 2.32. The van der Waals surface area contributed by atoms with Crippen molar-refractivity contribution < 1.29 is 19.4 Å². The molecule has 0 aliphatic carbocycles. The highest BCUT2D eigenvalue weighted by molar-refractivity contribution is 7.18. The zero-order chi connectivity index (χ0) is 13.7. The van der Waals surface area contributed by atoms with Crippen molar-refractivity contribution >= 4 is 28.4 Å². The first-order valence-electron chi connectivity index (χ1n) is 4.82. The summed E-state index contributed by atoms with van der Waals surface area (Å²) >= 11 is 0.821. The van der Waals surface area contributed by atoms with Crippen LogP contribution in [0.15, 0.2) is 12.7 Å². The van der Waals surface area contributed by atoms with Crippen molar-refractivity contribution in [3.8, 4) is 6.07 Å².